The third-order valence-corrected chi connectivity index (χ3v) is 6.67. The Balaban J connectivity index is 1.42. The number of amides is 1. The molecule has 0 spiro atoms. The molecule has 0 unspecified atom stereocenters. The number of hydrogen-bond acceptors (Lipinski definition) is 4. The number of carbonyl (C=O) groups excluding carboxylic acids is 1. The number of carbonyl (C=O) groups is 1. The molecule has 3 N–H and O–H groups in total. The quantitative estimate of drug-likeness (QED) is 0.587. The Morgan fingerprint density at radius 1 is 0.967 bits per heavy atom. The van der Waals surface area contributed by atoms with Gasteiger partial charge in [0.15, 0.2) is 0 Å². The first-order valence-electron chi connectivity index (χ1n) is 9.75. The molecule has 0 saturated carbocycles. The van der Waals surface area contributed by atoms with E-state index < -0.39 is 16.2 Å². The molecule has 154 valence electrons. The van der Waals surface area contributed by atoms with E-state index in [1.165, 1.54) is 5.56 Å². The molecule has 1 amide bonds. The Kier molecular flexibility index (Phi) is 5.57. The van der Waals surface area contributed by atoms with Crippen LogP contribution in [0, 0.1) is 0 Å². The molecule has 0 fully saturated rings. The molecule has 30 heavy (non-hydrogen) atoms. The summed E-state index contributed by atoms with van der Waals surface area (Å²) in [5, 5.41) is 6.14. The molecule has 0 radical (unpaired) electrons. The van der Waals surface area contributed by atoms with Crippen molar-refractivity contribution in [3.63, 3.8) is 0 Å². The lowest BCUT2D eigenvalue weighted by atomic mass is 10.0. The fourth-order valence-electron chi connectivity index (χ4n) is 3.45. The first-order chi connectivity index (χ1) is 14.4. The molecule has 1 aliphatic heterocycles. The van der Waals surface area contributed by atoms with Crippen molar-refractivity contribution in [2.75, 3.05) is 11.9 Å². The lowest BCUT2D eigenvalue weighted by Gasteiger charge is -2.28. The highest BCUT2D eigenvalue weighted by molar-refractivity contribution is 7.89. The molecular weight excluding hydrogens is 398 g/mol. The van der Waals surface area contributed by atoms with Crippen molar-refractivity contribution >= 4 is 21.6 Å². The zero-order valence-corrected chi connectivity index (χ0v) is 17.3. The van der Waals surface area contributed by atoms with E-state index >= 15 is 0 Å². The standard InChI is InChI=1S/C23H23N3O3S/c1-16(17-7-3-2-4-8-17)15-24-23(27)19-13-11-18(12-14-19)22-25-20-9-5-6-10-21(20)30(28,29)26-22/h2-14,16,22,25-26H,15H2,1H3,(H,24,27)/t16-,22-/m0/s1. The van der Waals surface area contributed by atoms with Gasteiger partial charge in [-0.15, -0.1) is 0 Å². The molecule has 4 rings (SSSR count). The monoisotopic (exact) mass is 421 g/mol. The topological polar surface area (TPSA) is 87.3 Å². The molecule has 1 heterocycles. The SMILES string of the molecule is C[C@@H](CNC(=O)c1ccc([C@H]2Nc3ccccc3S(=O)(=O)N2)cc1)c1ccccc1. The van der Waals surface area contributed by atoms with Gasteiger partial charge in [0.05, 0.1) is 5.69 Å². The normalized spacial score (nSPS) is 18.0. The number of anilines is 1. The molecule has 0 bridgehead atoms. The van der Waals surface area contributed by atoms with Gasteiger partial charge in [-0.2, -0.15) is 4.72 Å². The minimum Gasteiger partial charge on any atom is -0.364 e. The molecule has 1 aliphatic rings. The van der Waals surface area contributed by atoms with E-state index in [4.69, 9.17) is 0 Å². The Morgan fingerprint density at radius 2 is 1.63 bits per heavy atom. The van der Waals surface area contributed by atoms with Gasteiger partial charge in [0.2, 0.25) is 10.0 Å². The van der Waals surface area contributed by atoms with Crippen LogP contribution in [-0.2, 0) is 10.0 Å². The number of hydrogen-bond donors (Lipinski definition) is 3. The van der Waals surface area contributed by atoms with Crippen molar-refractivity contribution in [1.29, 1.82) is 0 Å². The molecule has 3 aromatic rings. The van der Waals surface area contributed by atoms with Crippen molar-refractivity contribution in [3.05, 3.63) is 95.6 Å². The zero-order chi connectivity index (χ0) is 21.1. The molecule has 6 nitrogen and oxygen atoms in total. The van der Waals surface area contributed by atoms with Gasteiger partial charge in [-0.05, 0) is 41.3 Å². The molecule has 0 aliphatic carbocycles. The summed E-state index contributed by atoms with van der Waals surface area (Å²) < 4.78 is 27.6. The van der Waals surface area contributed by atoms with Gasteiger partial charge in [-0.1, -0.05) is 61.5 Å². The summed E-state index contributed by atoms with van der Waals surface area (Å²) in [5.41, 5.74) is 2.97. The largest absolute Gasteiger partial charge is 0.364 e. The summed E-state index contributed by atoms with van der Waals surface area (Å²) >= 11 is 0. The first-order valence-corrected chi connectivity index (χ1v) is 11.2. The number of sulfonamides is 1. The second kappa shape index (κ2) is 8.30. The van der Waals surface area contributed by atoms with Gasteiger partial charge in [-0.25, -0.2) is 8.42 Å². The van der Waals surface area contributed by atoms with E-state index in [1.807, 2.05) is 30.3 Å². The van der Waals surface area contributed by atoms with Crippen LogP contribution in [0.15, 0.2) is 83.8 Å². The highest BCUT2D eigenvalue weighted by Crippen LogP contribution is 2.30. The van der Waals surface area contributed by atoms with Crippen LogP contribution in [0.2, 0.25) is 0 Å². The van der Waals surface area contributed by atoms with Gasteiger partial charge in [0, 0.05) is 12.1 Å². The summed E-state index contributed by atoms with van der Waals surface area (Å²) in [5.74, 6) is 0.0437. The average Bonchev–Trinajstić information content (AvgIpc) is 2.77. The summed E-state index contributed by atoms with van der Waals surface area (Å²) in [6.45, 7) is 2.60. The lowest BCUT2D eigenvalue weighted by Crippen LogP contribution is -2.38. The molecule has 7 heteroatoms. The van der Waals surface area contributed by atoms with Crippen molar-refractivity contribution in [2.24, 2.45) is 0 Å². The molecular formula is C23H23N3O3S. The van der Waals surface area contributed by atoms with Gasteiger partial charge in [-0.3, -0.25) is 4.79 Å². The molecule has 3 aromatic carbocycles. The van der Waals surface area contributed by atoms with Crippen molar-refractivity contribution in [1.82, 2.24) is 10.0 Å². The average molecular weight is 422 g/mol. The second-order valence-electron chi connectivity index (χ2n) is 7.34. The van der Waals surface area contributed by atoms with Crippen molar-refractivity contribution in [3.8, 4) is 0 Å². The van der Waals surface area contributed by atoms with Crippen LogP contribution in [0.1, 0.15) is 40.5 Å². The van der Waals surface area contributed by atoms with Gasteiger partial charge >= 0.3 is 0 Å². The second-order valence-corrected chi connectivity index (χ2v) is 9.02. The highest BCUT2D eigenvalue weighted by Gasteiger charge is 2.29. The first kappa shape index (κ1) is 20.1. The van der Waals surface area contributed by atoms with E-state index in [2.05, 4.69) is 22.3 Å². The maximum atomic E-state index is 12.5. The van der Waals surface area contributed by atoms with Crippen molar-refractivity contribution < 1.29 is 13.2 Å². The van der Waals surface area contributed by atoms with Gasteiger partial charge in [0.25, 0.3) is 5.91 Å². The summed E-state index contributed by atoms with van der Waals surface area (Å²) in [7, 11) is -3.60. The third kappa shape index (κ3) is 4.22. The summed E-state index contributed by atoms with van der Waals surface area (Å²) in [6.07, 6.45) is -0.597. The maximum Gasteiger partial charge on any atom is 0.251 e. The summed E-state index contributed by atoms with van der Waals surface area (Å²) in [6, 6.07) is 23.7. The van der Waals surface area contributed by atoms with E-state index in [-0.39, 0.29) is 16.7 Å². The molecule has 0 aromatic heterocycles. The minimum atomic E-state index is -3.60. The van der Waals surface area contributed by atoms with Crippen LogP contribution in [0.3, 0.4) is 0 Å². The molecule has 0 saturated heterocycles. The number of para-hydroxylation sites is 1. The van der Waals surface area contributed by atoms with Crippen LogP contribution in [0.25, 0.3) is 0 Å². The van der Waals surface area contributed by atoms with E-state index in [0.717, 1.165) is 5.56 Å². The highest BCUT2D eigenvalue weighted by atomic mass is 32.2. The van der Waals surface area contributed by atoms with Crippen LogP contribution in [-0.4, -0.2) is 20.9 Å². The fourth-order valence-corrected chi connectivity index (χ4v) is 4.76. The predicted octanol–water partition coefficient (Wildman–Crippen LogP) is 3.62. The van der Waals surface area contributed by atoms with E-state index in [1.54, 1.807) is 48.5 Å². The Labute approximate surface area is 176 Å². The summed E-state index contributed by atoms with van der Waals surface area (Å²) in [4.78, 5) is 12.7. The Morgan fingerprint density at radius 3 is 2.37 bits per heavy atom. The van der Waals surface area contributed by atoms with Crippen LogP contribution in [0.4, 0.5) is 5.69 Å². The number of nitrogens with one attached hydrogen (secondary N) is 3. The van der Waals surface area contributed by atoms with E-state index in [9.17, 15) is 13.2 Å². The lowest BCUT2D eigenvalue weighted by molar-refractivity contribution is 0.0951. The van der Waals surface area contributed by atoms with Crippen LogP contribution >= 0.6 is 0 Å². The number of fused-ring (bicyclic) bond motifs is 1. The Hall–Kier alpha value is -3.16. The molecule has 2 atom stereocenters. The third-order valence-electron chi connectivity index (χ3n) is 5.19. The van der Waals surface area contributed by atoms with Crippen molar-refractivity contribution in [2.45, 2.75) is 23.9 Å². The minimum absolute atomic E-state index is 0.160. The van der Waals surface area contributed by atoms with Gasteiger partial charge in [0.1, 0.15) is 11.1 Å². The van der Waals surface area contributed by atoms with E-state index in [0.29, 0.717) is 17.8 Å². The predicted molar refractivity (Wildman–Crippen MR) is 117 cm³/mol. The fraction of sp³-hybridized carbons (Fsp3) is 0.174. The Bertz CT molecular complexity index is 1150. The number of benzene rings is 3. The zero-order valence-electron chi connectivity index (χ0n) is 16.5. The smallest absolute Gasteiger partial charge is 0.251 e. The number of rotatable bonds is 5. The van der Waals surface area contributed by atoms with Gasteiger partial charge < -0.3 is 10.6 Å². The maximum absolute atomic E-state index is 12.5. The van der Waals surface area contributed by atoms with Crippen LogP contribution < -0.4 is 15.4 Å². The van der Waals surface area contributed by atoms with Crippen LogP contribution in [0.5, 0.6) is 0 Å².